The highest BCUT2D eigenvalue weighted by molar-refractivity contribution is 5.80. The van der Waals surface area contributed by atoms with Gasteiger partial charge in [0, 0.05) is 13.0 Å². The van der Waals surface area contributed by atoms with E-state index in [-0.39, 0.29) is 11.8 Å². The zero-order chi connectivity index (χ0) is 7.56. The van der Waals surface area contributed by atoms with Crippen LogP contribution in [0.5, 0.6) is 0 Å². The smallest absolute Gasteiger partial charge is 0.238 e. The molecule has 54 valence electrons. The molecular formula is C7H10N2O. The first-order valence-corrected chi connectivity index (χ1v) is 3.43. The third-order valence-electron chi connectivity index (χ3n) is 1.93. The van der Waals surface area contributed by atoms with Crippen LogP contribution in [-0.2, 0) is 4.79 Å². The van der Waals surface area contributed by atoms with Crippen LogP contribution in [0.3, 0.4) is 0 Å². The summed E-state index contributed by atoms with van der Waals surface area (Å²) in [7, 11) is 1.51. The molecule has 0 aromatic heterocycles. The van der Waals surface area contributed by atoms with E-state index >= 15 is 0 Å². The highest BCUT2D eigenvalue weighted by Crippen LogP contribution is 2.27. The Morgan fingerprint density at radius 2 is 2.30 bits per heavy atom. The van der Waals surface area contributed by atoms with Crippen molar-refractivity contribution in [3.8, 4) is 6.19 Å². The van der Waals surface area contributed by atoms with Crippen LogP contribution in [-0.4, -0.2) is 17.9 Å². The van der Waals surface area contributed by atoms with E-state index in [0.717, 1.165) is 24.2 Å². The molecule has 0 aliphatic heterocycles. The summed E-state index contributed by atoms with van der Waals surface area (Å²) in [6.45, 7) is 0. The van der Waals surface area contributed by atoms with E-state index in [9.17, 15) is 4.79 Å². The molecule has 0 unspecified atom stereocenters. The summed E-state index contributed by atoms with van der Waals surface area (Å²) in [6.07, 6.45) is 4.86. The fourth-order valence-corrected chi connectivity index (χ4v) is 0.978. The molecule has 0 aromatic carbocycles. The molecule has 1 rings (SSSR count). The summed E-state index contributed by atoms with van der Waals surface area (Å²) in [4.78, 5) is 12.2. The summed E-state index contributed by atoms with van der Waals surface area (Å²) in [5.41, 5.74) is 0. The second-order valence-corrected chi connectivity index (χ2v) is 2.63. The molecule has 0 N–H and O–H groups in total. The Hall–Kier alpha value is -1.04. The Bertz CT molecular complexity index is 179. The van der Waals surface area contributed by atoms with Gasteiger partial charge in [0.05, 0.1) is 0 Å². The molecule has 1 aliphatic rings. The van der Waals surface area contributed by atoms with Crippen LogP contribution >= 0.6 is 0 Å². The van der Waals surface area contributed by atoms with Crippen molar-refractivity contribution in [2.45, 2.75) is 19.3 Å². The number of carbonyl (C=O) groups is 1. The normalized spacial score (nSPS) is 17.2. The lowest BCUT2D eigenvalue weighted by Gasteiger charge is -2.25. The Morgan fingerprint density at radius 1 is 1.70 bits per heavy atom. The minimum absolute atomic E-state index is 0.0197. The van der Waals surface area contributed by atoms with Crippen LogP contribution in [0.25, 0.3) is 0 Å². The lowest BCUT2D eigenvalue weighted by molar-refractivity contribution is -0.133. The first kappa shape index (κ1) is 7.07. The number of nitriles is 1. The van der Waals surface area contributed by atoms with Crippen LogP contribution in [0.1, 0.15) is 19.3 Å². The first-order valence-electron chi connectivity index (χ1n) is 3.43. The largest absolute Gasteiger partial charge is 0.273 e. The zero-order valence-electron chi connectivity index (χ0n) is 6.00. The van der Waals surface area contributed by atoms with Crippen LogP contribution in [0.4, 0.5) is 0 Å². The first-order chi connectivity index (χ1) is 4.75. The van der Waals surface area contributed by atoms with Crippen LogP contribution in [0, 0.1) is 17.4 Å². The van der Waals surface area contributed by atoms with Gasteiger partial charge >= 0.3 is 0 Å². The van der Waals surface area contributed by atoms with E-state index in [0.29, 0.717) is 0 Å². The minimum Gasteiger partial charge on any atom is -0.273 e. The Balaban J connectivity index is 2.41. The lowest BCUT2D eigenvalue weighted by atomic mass is 9.84. The van der Waals surface area contributed by atoms with Gasteiger partial charge in [-0.05, 0) is 12.8 Å². The molecule has 1 saturated carbocycles. The van der Waals surface area contributed by atoms with Gasteiger partial charge in [0.25, 0.3) is 0 Å². The molecule has 0 aromatic rings. The molecule has 3 heteroatoms. The van der Waals surface area contributed by atoms with Gasteiger partial charge in [-0.15, -0.1) is 0 Å². The number of hydrogen-bond donors (Lipinski definition) is 0. The average molecular weight is 138 g/mol. The molecule has 0 atom stereocenters. The van der Waals surface area contributed by atoms with Gasteiger partial charge in [-0.1, -0.05) is 6.42 Å². The summed E-state index contributed by atoms with van der Waals surface area (Å²) < 4.78 is 0. The molecular weight excluding hydrogens is 128 g/mol. The fourth-order valence-electron chi connectivity index (χ4n) is 0.978. The second-order valence-electron chi connectivity index (χ2n) is 2.63. The topological polar surface area (TPSA) is 44.1 Å². The number of hydrogen-bond acceptors (Lipinski definition) is 2. The minimum atomic E-state index is -0.0197. The number of rotatable bonds is 1. The predicted octanol–water partition coefficient (Wildman–Crippen LogP) is 0.726. The highest BCUT2D eigenvalue weighted by atomic mass is 16.2. The third-order valence-corrected chi connectivity index (χ3v) is 1.93. The van der Waals surface area contributed by atoms with E-state index in [1.807, 2.05) is 0 Å². The van der Waals surface area contributed by atoms with Gasteiger partial charge in [0.2, 0.25) is 5.91 Å². The Labute approximate surface area is 60.2 Å². The van der Waals surface area contributed by atoms with Crippen LogP contribution in [0.2, 0.25) is 0 Å². The van der Waals surface area contributed by atoms with E-state index in [1.54, 1.807) is 6.19 Å². The van der Waals surface area contributed by atoms with E-state index in [1.165, 1.54) is 7.05 Å². The molecule has 0 spiro atoms. The van der Waals surface area contributed by atoms with Crippen molar-refractivity contribution >= 4 is 5.91 Å². The number of amides is 1. The van der Waals surface area contributed by atoms with Gasteiger partial charge in [-0.25, -0.2) is 0 Å². The fraction of sp³-hybridized carbons (Fsp3) is 0.714. The van der Waals surface area contributed by atoms with Crippen molar-refractivity contribution in [3.05, 3.63) is 0 Å². The maximum atomic E-state index is 11.1. The lowest BCUT2D eigenvalue weighted by Crippen LogP contribution is -2.33. The molecule has 1 aliphatic carbocycles. The molecule has 1 fully saturated rings. The third kappa shape index (κ3) is 1.10. The standard InChI is InChI=1S/C7H10N2O/c1-9(5-8)7(10)6-3-2-4-6/h6H,2-4H2,1H3. The maximum Gasteiger partial charge on any atom is 0.238 e. The van der Waals surface area contributed by atoms with Crippen molar-refractivity contribution in [1.82, 2.24) is 4.90 Å². The molecule has 0 heterocycles. The van der Waals surface area contributed by atoms with Crippen LogP contribution in [0.15, 0.2) is 0 Å². The van der Waals surface area contributed by atoms with Gasteiger partial charge in [0.1, 0.15) is 0 Å². The molecule has 10 heavy (non-hydrogen) atoms. The van der Waals surface area contributed by atoms with Gasteiger partial charge in [0.15, 0.2) is 6.19 Å². The average Bonchev–Trinajstić information content (AvgIpc) is 1.82. The van der Waals surface area contributed by atoms with Crippen molar-refractivity contribution in [3.63, 3.8) is 0 Å². The van der Waals surface area contributed by atoms with E-state index < -0.39 is 0 Å². The Morgan fingerprint density at radius 3 is 2.60 bits per heavy atom. The zero-order valence-corrected chi connectivity index (χ0v) is 6.00. The molecule has 0 bridgehead atoms. The number of carbonyl (C=O) groups excluding carboxylic acids is 1. The molecule has 0 radical (unpaired) electrons. The van der Waals surface area contributed by atoms with E-state index in [2.05, 4.69) is 0 Å². The SMILES string of the molecule is CN(C#N)C(=O)C1CCC1. The summed E-state index contributed by atoms with van der Waals surface area (Å²) >= 11 is 0. The van der Waals surface area contributed by atoms with Gasteiger partial charge < -0.3 is 0 Å². The molecule has 0 saturated heterocycles. The van der Waals surface area contributed by atoms with Gasteiger partial charge in [-0.2, -0.15) is 5.26 Å². The van der Waals surface area contributed by atoms with Crippen molar-refractivity contribution < 1.29 is 4.79 Å². The van der Waals surface area contributed by atoms with E-state index in [4.69, 9.17) is 5.26 Å². The molecule has 1 amide bonds. The van der Waals surface area contributed by atoms with Crippen LogP contribution < -0.4 is 0 Å². The van der Waals surface area contributed by atoms with Crippen molar-refractivity contribution in [2.75, 3.05) is 7.05 Å². The Kier molecular flexibility index (Phi) is 1.91. The molecule has 3 nitrogen and oxygen atoms in total. The van der Waals surface area contributed by atoms with Crippen molar-refractivity contribution in [1.29, 1.82) is 5.26 Å². The van der Waals surface area contributed by atoms with Crippen molar-refractivity contribution in [2.24, 2.45) is 5.92 Å². The maximum absolute atomic E-state index is 11.1. The summed E-state index contributed by atoms with van der Waals surface area (Å²) in [5, 5.41) is 8.33. The highest BCUT2D eigenvalue weighted by Gasteiger charge is 2.27. The monoisotopic (exact) mass is 138 g/mol. The predicted molar refractivity (Wildman–Crippen MR) is 35.7 cm³/mol. The quantitative estimate of drug-likeness (QED) is 0.396. The summed E-state index contributed by atoms with van der Waals surface area (Å²) in [6, 6.07) is 0. The second kappa shape index (κ2) is 2.70. The van der Waals surface area contributed by atoms with Gasteiger partial charge in [-0.3, -0.25) is 9.69 Å². The summed E-state index contributed by atoms with van der Waals surface area (Å²) in [5.74, 6) is 0.124. The number of nitrogens with zero attached hydrogens (tertiary/aromatic N) is 2.